The molecule has 1 aliphatic heterocycles. The lowest BCUT2D eigenvalue weighted by atomic mass is 9.80. The smallest absolute Gasteiger partial charge is 0.491 e. The van der Waals surface area contributed by atoms with Gasteiger partial charge in [-0.15, -0.1) is 0 Å². The Hall–Kier alpha value is -0.485. The monoisotopic (exact) mass is 196 g/mol. The van der Waals surface area contributed by atoms with Crippen LogP contribution in [0.4, 0.5) is 0 Å². The highest BCUT2D eigenvalue weighted by Crippen LogP contribution is 2.14. The molecule has 3 nitrogen and oxygen atoms in total. The van der Waals surface area contributed by atoms with Crippen LogP contribution in [0.2, 0.25) is 0 Å². The van der Waals surface area contributed by atoms with Gasteiger partial charge in [0.05, 0.1) is 6.61 Å². The zero-order valence-corrected chi connectivity index (χ0v) is 8.00. The molecule has 0 saturated carbocycles. The lowest BCUT2D eigenvalue weighted by molar-refractivity contribution is 0.275. The second kappa shape index (κ2) is 3.34. The first kappa shape index (κ1) is 9.08. The van der Waals surface area contributed by atoms with Gasteiger partial charge in [-0.05, 0) is 34.3 Å². The molecule has 1 aliphatic rings. The first-order chi connectivity index (χ1) is 6.18. The van der Waals surface area contributed by atoms with E-state index in [4.69, 9.17) is 4.65 Å². The number of rotatable bonds is 1. The van der Waals surface area contributed by atoms with Gasteiger partial charge in [-0.1, -0.05) is 6.07 Å². The average molecular weight is 196 g/mol. The molecule has 0 fully saturated rings. The summed E-state index contributed by atoms with van der Waals surface area (Å²) in [4.78, 5) is 0.725. The molecule has 0 radical (unpaired) electrons. The van der Waals surface area contributed by atoms with Gasteiger partial charge in [0.1, 0.15) is 6.26 Å². The van der Waals surface area contributed by atoms with Crippen molar-refractivity contribution in [2.24, 2.45) is 0 Å². The van der Waals surface area contributed by atoms with Crippen molar-refractivity contribution in [3.63, 3.8) is 0 Å². The van der Waals surface area contributed by atoms with E-state index in [1.807, 2.05) is 6.07 Å². The zero-order valence-electron chi connectivity index (χ0n) is 7.19. The summed E-state index contributed by atoms with van der Waals surface area (Å²) >= 11 is -1.00. The van der Waals surface area contributed by atoms with Crippen molar-refractivity contribution in [3.05, 3.63) is 23.8 Å². The van der Waals surface area contributed by atoms with Crippen LogP contribution < -0.4 is 5.46 Å². The lowest BCUT2D eigenvalue weighted by Crippen LogP contribution is -2.28. The van der Waals surface area contributed by atoms with E-state index >= 15 is 0 Å². The molecule has 1 aromatic rings. The van der Waals surface area contributed by atoms with Gasteiger partial charge in [-0.3, -0.25) is 0 Å². The molecule has 0 aliphatic carbocycles. The van der Waals surface area contributed by atoms with Gasteiger partial charge < -0.3 is 14.2 Å². The van der Waals surface area contributed by atoms with Crippen molar-refractivity contribution < 1.29 is 14.2 Å². The maximum Gasteiger partial charge on any atom is 0.491 e. The molecule has 2 rings (SSSR count). The van der Waals surface area contributed by atoms with E-state index in [0.717, 1.165) is 15.9 Å². The van der Waals surface area contributed by atoms with Crippen LogP contribution >= 0.6 is 0 Å². The summed E-state index contributed by atoms with van der Waals surface area (Å²) in [6.45, 7) is 0.438. The maximum absolute atomic E-state index is 11.1. The second-order valence-electron chi connectivity index (χ2n) is 2.98. The summed E-state index contributed by atoms with van der Waals surface area (Å²) < 4.78 is 16.2. The number of hydrogen-bond donors (Lipinski definition) is 1. The molecule has 0 bridgehead atoms. The van der Waals surface area contributed by atoms with Gasteiger partial charge in [0, 0.05) is 0 Å². The van der Waals surface area contributed by atoms with Gasteiger partial charge in [0.2, 0.25) is 0 Å². The first-order valence-corrected chi connectivity index (χ1v) is 5.50. The van der Waals surface area contributed by atoms with E-state index in [-0.39, 0.29) is 0 Å². The van der Waals surface area contributed by atoms with Gasteiger partial charge in [-0.25, -0.2) is 0 Å². The minimum atomic E-state index is -1.00. The average Bonchev–Trinajstić information content (AvgIpc) is 2.47. The molecular formula is C8H9BO3S. The Balaban J connectivity index is 2.42. The van der Waals surface area contributed by atoms with Crippen molar-refractivity contribution in [1.29, 1.82) is 0 Å². The minimum Gasteiger partial charge on any atom is -0.612 e. The Labute approximate surface area is 80.1 Å². The summed E-state index contributed by atoms with van der Waals surface area (Å²) in [6, 6.07) is 5.39. The third kappa shape index (κ3) is 1.60. The number of benzene rings is 1. The standard InChI is InChI=1S/C8H9BO3S/c1-13(11)7-3-2-6-5-12-9(10)8(6)4-7/h2-4,10H,5H2,1H3. The predicted molar refractivity (Wildman–Crippen MR) is 51.2 cm³/mol. The molecule has 1 N–H and O–H groups in total. The Morgan fingerprint density at radius 2 is 2.38 bits per heavy atom. The number of fused-ring (bicyclic) bond motifs is 1. The van der Waals surface area contributed by atoms with Crippen LogP contribution in [0.5, 0.6) is 0 Å². The highest BCUT2D eigenvalue weighted by atomic mass is 32.2. The molecule has 68 valence electrons. The summed E-state index contributed by atoms with van der Waals surface area (Å²) in [6.07, 6.45) is 1.61. The fraction of sp³-hybridized carbons (Fsp3) is 0.250. The fourth-order valence-electron chi connectivity index (χ4n) is 1.37. The van der Waals surface area contributed by atoms with E-state index in [2.05, 4.69) is 0 Å². The van der Waals surface area contributed by atoms with Crippen molar-refractivity contribution in [2.45, 2.75) is 11.5 Å². The van der Waals surface area contributed by atoms with Gasteiger partial charge >= 0.3 is 7.12 Å². The van der Waals surface area contributed by atoms with Crippen LogP contribution in [0.25, 0.3) is 0 Å². The maximum atomic E-state index is 11.1. The molecule has 0 aromatic heterocycles. The Morgan fingerprint density at radius 1 is 1.62 bits per heavy atom. The van der Waals surface area contributed by atoms with Crippen LogP contribution in [-0.2, 0) is 22.4 Å². The molecule has 0 saturated heterocycles. The van der Waals surface area contributed by atoms with Crippen LogP contribution in [-0.4, -0.2) is 23.0 Å². The zero-order chi connectivity index (χ0) is 9.42. The topological polar surface area (TPSA) is 52.5 Å². The summed E-state index contributed by atoms with van der Waals surface area (Å²) in [5.41, 5.74) is 1.72. The second-order valence-corrected chi connectivity index (χ2v) is 4.36. The largest absolute Gasteiger partial charge is 0.612 e. The molecule has 1 atom stereocenters. The SMILES string of the molecule is C[S+]([O-])c1ccc2c(c1)B(O)OC2. The number of hydrogen-bond acceptors (Lipinski definition) is 3. The highest BCUT2D eigenvalue weighted by molar-refractivity contribution is 7.90. The normalized spacial score (nSPS) is 17.3. The van der Waals surface area contributed by atoms with Crippen molar-refractivity contribution in [1.82, 2.24) is 0 Å². The van der Waals surface area contributed by atoms with E-state index in [1.54, 1.807) is 18.4 Å². The van der Waals surface area contributed by atoms with Crippen LogP contribution in [0.15, 0.2) is 23.1 Å². The van der Waals surface area contributed by atoms with Crippen molar-refractivity contribution in [2.75, 3.05) is 6.26 Å². The molecule has 0 amide bonds. The van der Waals surface area contributed by atoms with Crippen LogP contribution in [0.1, 0.15) is 5.56 Å². The molecular weight excluding hydrogens is 187 g/mol. The first-order valence-electron chi connectivity index (χ1n) is 3.94. The molecule has 1 aromatic carbocycles. The Morgan fingerprint density at radius 3 is 3.08 bits per heavy atom. The van der Waals surface area contributed by atoms with E-state index in [0.29, 0.717) is 6.61 Å². The molecule has 5 heteroatoms. The van der Waals surface area contributed by atoms with E-state index in [1.165, 1.54) is 0 Å². The Kier molecular flexibility index (Phi) is 2.34. The summed E-state index contributed by atoms with van der Waals surface area (Å²) in [7, 11) is -0.849. The fourth-order valence-corrected chi connectivity index (χ4v) is 1.92. The van der Waals surface area contributed by atoms with Crippen LogP contribution in [0, 0.1) is 0 Å². The molecule has 0 spiro atoms. The van der Waals surface area contributed by atoms with Crippen LogP contribution in [0.3, 0.4) is 0 Å². The molecule has 13 heavy (non-hydrogen) atoms. The summed E-state index contributed by atoms with van der Waals surface area (Å²) in [5, 5.41) is 9.37. The highest BCUT2D eigenvalue weighted by Gasteiger charge is 2.28. The van der Waals surface area contributed by atoms with E-state index in [9.17, 15) is 9.58 Å². The van der Waals surface area contributed by atoms with Gasteiger partial charge in [-0.2, -0.15) is 0 Å². The predicted octanol–water partition coefficient (Wildman–Crippen LogP) is -0.358. The lowest BCUT2D eigenvalue weighted by Gasteiger charge is -2.05. The quantitative estimate of drug-likeness (QED) is 0.493. The van der Waals surface area contributed by atoms with Crippen molar-refractivity contribution >= 4 is 23.8 Å². The summed E-state index contributed by atoms with van der Waals surface area (Å²) in [5.74, 6) is 0. The molecule has 1 unspecified atom stereocenters. The molecule has 1 heterocycles. The minimum absolute atomic E-state index is 0.438. The van der Waals surface area contributed by atoms with E-state index < -0.39 is 18.3 Å². The van der Waals surface area contributed by atoms with Gasteiger partial charge in [0.15, 0.2) is 4.90 Å². The third-order valence-electron chi connectivity index (χ3n) is 2.11. The van der Waals surface area contributed by atoms with Gasteiger partial charge in [0.25, 0.3) is 0 Å². The van der Waals surface area contributed by atoms with Crippen molar-refractivity contribution in [3.8, 4) is 0 Å². The Bertz CT molecular complexity index is 329. The third-order valence-corrected chi connectivity index (χ3v) is 3.03.